The van der Waals surface area contributed by atoms with E-state index in [1.165, 1.54) is 31.6 Å². The molecule has 0 bridgehead atoms. The number of aromatic nitrogens is 1. The number of rotatable bonds is 4. The predicted octanol–water partition coefficient (Wildman–Crippen LogP) is 3.39. The SMILES string of the molecule is CCNc1cc(N2CCC(C(C)C)CC2)ccn1. The predicted molar refractivity (Wildman–Crippen MR) is 78.2 cm³/mol. The van der Waals surface area contributed by atoms with Gasteiger partial charge in [0.1, 0.15) is 5.82 Å². The Morgan fingerprint density at radius 2 is 2.11 bits per heavy atom. The molecule has 0 spiro atoms. The Labute approximate surface area is 111 Å². The van der Waals surface area contributed by atoms with E-state index in [0.717, 1.165) is 24.2 Å². The lowest BCUT2D eigenvalue weighted by atomic mass is 9.86. The molecular weight excluding hydrogens is 222 g/mol. The number of pyridine rings is 1. The fourth-order valence-corrected chi connectivity index (χ4v) is 2.72. The molecule has 3 nitrogen and oxygen atoms in total. The fraction of sp³-hybridized carbons (Fsp3) is 0.667. The zero-order valence-electron chi connectivity index (χ0n) is 11.8. The van der Waals surface area contributed by atoms with Gasteiger partial charge in [-0.3, -0.25) is 0 Å². The van der Waals surface area contributed by atoms with Crippen LogP contribution in [0.25, 0.3) is 0 Å². The third-order valence-corrected chi connectivity index (χ3v) is 3.95. The molecule has 1 aromatic rings. The molecule has 100 valence electrons. The summed E-state index contributed by atoms with van der Waals surface area (Å²) in [6, 6.07) is 4.29. The summed E-state index contributed by atoms with van der Waals surface area (Å²) in [5.74, 6) is 2.71. The molecule has 0 atom stereocenters. The Bertz CT molecular complexity index is 368. The molecule has 1 saturated heterocycles. The molecule has 18 heavy (non-hydrogen) atoms. The smallest absolute Gasteiger partial charge is 0.127 e. The summed E-state index contributed by atoms with van der Waals surface area (Å²) in [7, 11) is 0. The van der Waals surface area contributed by atoms with Gasteiger partial charge in [0, 0.05) is 37.6 Å². The maximum absolute atomic E-state index is 4.33. The van der Waals surface area contributed by atoms with Gasteiger partial charge in [-0.15, -0.1) is 0 Å². The fourth-order valence-electron chi connectivity index (χ4n) is 2.72. The highest BCUT2D eigenvalue weighted by Crippen LogP contribution is 2.28. The Balaban J connectivity index is 1.98. The second-order valence-electron chi connectivity index (χ2n) is 5.50. The van der Waals surface area contributed by atoms with E-state index in [-0.39, 0.29) is 0 Å². The van der Waals surface area contributed by atoms with E-state index in [4.69, 9.17) is 0 Å². The normalized spacial score (nSPS) is 17.2. The van der Waals surface area contributed by atoms with Crippen LogP contribution in [0, 0.1) is 11.8 Å². The molecular formula is C15H25N3. The molecule has 0 amide bonds. The third kappa shape index (κ3) is 3.15. The first-order chi connectivity index (χ1) is 8.70. The van der Waals surface area contributed by atoms with Gasteiger partial charge < -0.3 is 10.2 Å². The van der Waals surface area contributed by atoms with Gasteiger partial charge in [0.2, 0.25) is 0 Å². The summed E-state index contributed by atoms with van der Waals surface area (Å²) in [5.41, 5.74) is 1.31. The summed E-state index contributed by atoms with van der Waals surface area (Å²) in [5, 5.41) is 3.28. The van der Waals surface area contributed by atoms with E-state index in [2.05, 4.69) is 48.1 Å². The van der Waals surface area contributed by atoms with Crippen molar-refractivity contribution < 1.29 is 0 Å². The number of nitrogens with one attached hydrogen (secondary N) is 1. The van der Waals surface area contributed by atoms with Gasteiger partial charge in [-0.05, 0) is 37.7 Å². The molecule has 3 heteroatoms. The minimum atomic E-state index is 0.821. The van der Waals surface area contributed by atoms with Gasteiger partial charge in [0.15, 0.2) is 0 Å². The molecule has 1 aliphatic rings. The van der Waals surface area contributed by atoms with Gasteiger partial charge in [-0.2, -0.15) is 0 Å². The van der Waals surface area contributed by atoms with E-state index in [1.54, 1.807) is 0 Å². The highest BCUT2D eigenvalue weighted by molar-refractivity contribution is 5.54. The Hall–Kier alpha value is -1.25. The van der Waals surface area contributed by atoms with Crippen LogP contribution in [0.5, 0.6) is 0 Å². The first-order valence-corrected chi connectivity index (χ1v) is 7.15. The minimum Gasteiger partial charge on any atom is -0.371 e. The topological polar surface area (TPSA) is 28.2 Å². The van der Waals surface area contributed by atoms with Gasteiger partial charge in [0.05, 0.1) is 0 Å². The molecule has 1 fully saturated rings. The Morgan fingerprint density at radius 3 is 2.72 bits per heavy atom. The zero-order chi connectivity index (χ0) is 13.0. The average Bonchev–Trinajstić information content (AvgIpc) is 2.39. The van der Waals surface area contributed by atoms with Crippen LogP contribution in [0.2, 0.25) is 0 Å². The van der Waals surface area contributed by atoms with Crippen LogP contribution in [0.4, 0.5) is 11.5 Å². The molecule has 0 aromatic carbocycles. The largest absolute Gasteiger partial charge is 0.371 e. The van der Waals surface area contributed by atoms with Crippen LogP contribution in [0.1, 0.15) is 33.6 Å². The number of hydrogen-bond donors (Lipinski definition) is 1. The minimum absolute atomic E-state index is 0.821. The lowest BCUT2D eigenvalue weighted by Gasteiger charge is -2.35. The first kappa shape index (κ1) is 13.2. The monoisotopic (exact) mass is 247 g/mol. The van der Waals surface area contributed by atoms with Crippen molar-refractivity contribution in [2.75, 3.05) is 29.9 Å². The van der Waals surface area contributed by atoms with Crippen molar-refractivity contribution in [3.8, 4) is 0 Å². The van der Waals surface area contributed by atoms with Crippen molar-refractivity contribution in [3.05, 3.63) is 18.3 Å². The molecule has 1 N–H and O–H groups in total. The lowest BCUT2D eigenvalue weighted by Crippen LogP contribution is -2.35. The number of piperidine rings is 1. The molecule has 0 aliphatic carbocycles. The van der Waals surface area contributed by atoms with Crippen molar-refractivity contribution in [2.45, 2.75) is 33.6 Å². The molecule has 1 aliphatic heterocycles. The number of hydrogen-bond acceptors (Lipinski definition) is 3. The molecule has 1 aromatic heterocycles. The average molecular weight is 247 g/mol. The number of anilines is 2. The molecule has 0 unspecified atom stereocenters. The lowest BCUT2D eigenvalue weighted by molar-refractivity contribution is 0.311. The van der Waals surface area contributed by atoms with Crippen LogP contribution >= 0.6 is 0 Å². The summed E-state index contributed by atoms with van der Waals surface area (Å²) < 4.78 is 0. The third-order valence-electron chi connectivity index (χ3n) is 3.95. The van der Waals surface area contributed by atoms with Crippen LogP contribution < -0.4 is 10.2 Å². The number of nitrogens with zero attached hydrogens (tertiary/aromatic N) is 2. The van der Waals surface area contributed by atoms with Gasteiger partial charge >= 0.3 is 0 Å². The summed E-state index contributed by atoms with van der Waals surface area (Å²) in [4.78, 5) is 6.82. The van der Waals surface area contributed by atoms with Crippen molar-refractivity contribution in [2.24, 2.45) is 11.8 Å². The second kappa shape index (κ2) is 6.07. The van der Waals surface area contributed by atoms with Crippen LogP contribution in [0.15, 0.2) is 18.3 Å². The Morgan fingerprint density at radius 1 is 1.39 bits per heavy atom. The second-order valence-corrected chi connectivity index (χ2v) is 5.50. The first-order valence-electron chi connectivity index (χ1n) is 7.15. The van der Waals surface area contributed by atoms with E-state index >= 15 is 0 Å². The Kier molecular flexibility index (Phi) is 4.45. The van der Waals surface area contributed by atoms with E-state index < -0.39 is 0 Å². The highest BCUT2D eigenvalue weighted by Gasteiger charge is 2.21. The maximum Gasteiger partial charge on any atom is 0.127 e. The van der Waals surface area contributed by atoms with Crippen molar-refractivity contribution >= 4 is 11.5 Å². The molecule has 0 radical (unpaired) electrons. The maximum atomic E-state index is 4.33. The molecule has 0 saturated carbocycles. The van der Waals surface area contributed by atoms with Gasteiger partial charge in [-0.25, -0.2) is 4.98 Å². The quantitative estimate of drug-likeness (QED) is 0.884. The van der Waals surface area contributed by atoms with E-state index in [9.17, 15) is 0 Å². The van der Waals surface area contributed by atoms with E-state index in [1.807, 2.05) is 6.20 Å². The zero-order valence-corrected chi connectivity index (χ0v) is 11.8. The molecule has 2 heterocycles. The van der Waals surface area contributed by atoms with Crippen molar-refractivity contribution in [3.63, 3.8) is 0 Å². The molecule has 2 rings (SSSR count). The highest BCUT2D eigenvalue weighted by atomic mass is 15.1. The van der Waals surface area contributed by atoms with Crippen molar-refractivity contribution in [1.29, 1.82) is 0 Å². The van der Waals surface area contributed by atoms with Crippen LogP contribution in [0.3, 0.4) is 0 Å². The van der Waals surface area contributed by atoms with Crippen molar-refractivity contribution in [1.82, 2.24) is 4.98 Å². The van der Waals surface area contributed by atoms with Crippen LogP contribution in [-0.4, -0.2) is 24.6 Å². The summed E-state index contributed by atoms with van der Waals surface area (Å²) >= 11 is 0. The van der Waals surface area contributed by atoms with Gasteiger partial charge in [0.25, 0.3) is 0 Å². The summed E-state index contributed by atoms with van der Waals surface area (Å²) in [6.45, 7) is 10.1. The summed E-state index contributed by atoms with van der Waals surface area (Å²) in [6.07, 6.45) is 4.54. The van der Waals surface area contributed by atoms with Crippen LogP contribution in [-0.2, 0) is 0 Å². The van der Waals surface area contributed by atoms with E-state index in [0.29, 0.717) is 0 Å². The standard InChI is InChI=1S/C15H25N3/c1-4-16-15-11-14(5-8-17-15)18-9-6-13(7-10-18)12(2)3/h5,8,11-13H,4,6-7,9-10H2,1-3H3,(H,16,17). The van der Waals surface area contributed by atoms with Gasteiger partial charge in [-0.1, -0.05) is 13.8 Å².